The van der Waals surface area contributed by atoms with E-state index in [0.717, 1.165) is 49.4 Å². The average molecular weight is 326 g/mol. The Labute approximate surface area is 141 Å². The van der Waals surface area contributed by atoms with E-state index in [1.54, 1.807) is 7.11 Å². The summed E-state index contributed by atoms with van der Waals surface area (Å²) in [7, 11) is 1.70. The molecule has 0 aliphatic carbocycles. The third-order valence-corrected chi connectivity index (χ3v) is 5.12. The zero-order valence-corrected chi connectivity index (χ0v) is 13.9. The van der Waals surface area contributed by atoms with Gasteiger partial charge >= 0.3 is 0 Å². The van der Waals surface area contributed by atoms with Gasteiger partial charge < -0.3 is 14.2 Å². The van der Waals surface area contributed by atoms with E-state index in [1.165, 1.54) is 0 Å². The molecule has 126 valence electrons. The molecule has 6 heteroatoms. The van der Waals surface area contributed by atoms with Crippen molar-refractivity contribution in [3.8, 4) is 0 Å². The largest absolute Gasteiger partial charge is 0.384 e. The first-order chi connectivity index (χ1) is 11.8. The van der Waals surface area contributed by atoms with Gasteiger partial charge in [0.05, 0.1) is 12.6 Å². The monoisotopic (exact) mass is 326 g/mol. The third-order valence-electron chi connectivity index (χ3n) is 5.12. The van der Waals surface area contributed by atoms with Crippen molar-refractivity contribution in [1.82, 2.24) is 19.7 Å². The fourth-order valence-electron chi connectivity index (χ4n) is 3.94. The molecule has 2 aromatic rings. The molecular formula is C18H22N4O2. The van der Waals surface area contributed by atoms with Crippen molar-refractivity contribution in [2.75, 3.05) is 13.7 Å². The number of amides is 1. The number of ether oxygens (including phenoxy) is 1. The summed E-state index contributed by atoms with van der Waals surface area (Å²) in [6.07, 6.45) is 3.64. The number of nitrogens with zero attached hydrogens (tertiary/aromatic N) is 4. The number of carbonyl (C=O) groups excluding carboxylic acids is 1. The van der Waals surface area contributed by atoms with Crippen LogP contribution in [-0.4, -0.2) is 51.4 Å². The highest BCUT2D eigenvalue weighted by atomic mass is 16.5. The molecule has 24 heavy (non-hydrogen) atoms. The number of methoxy groups -OCH3 is 1. The van der Waals surface area contributed by atoms with Gasteiger partial charge in [0.1, 0.15) is 11.6 Å². The van der Waals surface area contributed by atoms with Crippen LogP contribution in [0.25, 0.3) is 0 Å². The summed E-state index contributed by atoms with van der Waals surface area (Å²) in [6.45, 7) is 1.43. The zero-order valence-electron chi connectivity index (χ0n) is 13.9. The van der Waals surface area contributed by atoms with Crippen LogP contribution in [0.4, 0.5) is 0 Å². The Morgan fingerprint density at radius 1 is 1.21 bits per heavy atom. The van der Waals surface area contributed by atoms with E-state index in [4.69, 9.17) is 4.74 Å². The molecule has 2 atom stereocenters. The molecule has 2 unspecified atom stereocenters. The molecular weight excluding hydrogens is 304 g/mol. The van der Waals surface area contributed by atoms with Gasteiger partial charge in [-0.3, -0.25) is 4.79 Å². The molecule has 1 saturated heterocycles. The minimum absolute atomic E-state index is 0.139. The van der Waals surface area contributed by atoms with E-state index in [9.17, 15) is 4.79 Å². The van der Waals surface area contributed by atoms with E-state index < -0.39 is 0 Å². The Morgan fingerprint density at radius 2 is 2.00 bits per heavy atom. The lowest BCUT2D eigenvalue weighted by Gasteiger charge is -2.28. The SMILES string of the molecule is COCCc1nnc2n1CC1CCC(C2)N1C(=O)c1ccccc1. The van der Waals surface area contributed by atoms with Crippen LogP contribution in [0.3, 0.4) is 0 Å². The van der Waals surface area contributed by atoms with E-state index in [0.29, 0.717) is 6.61 Å². The molecule has 0 saturated carbocycles. The average Bonchev–Trinajstić information content (AvgIpc) is 3.12. The van der Waals surface area contributed by atoms with Crippen LogP contribution in [-0.2, 0) is 24.1 Å². The van der Waals surface area contributed by atoms with Crippen LogP contribution in [0.2, 0.25) is 0 Å². The second-order valence-electron chi connectivity index (χ2n) is 6.55. The van der Waals surface area contributed by atoms with Gasteiger partial charge in [-0.05, 0) is 25.0 Å². The Hall–Kier alpha value is -2.21. The van der Waals surface area contributed by atoms with Crippen LogP contribution >= 0.6 is 0 Å². The van der Waals surface area contributed by atoms with E-state index in [1.807, 2.05) is 30.3 Å². The second-order valence-corrected chi connectivity index (χ2v) is 6.55. The lowest BCUT2D eigenvalue weighted by molar-refractivity contribution is 0.0665. The van der Waals surface area contributed by atoms with Crippen LogP contribution in [0.1, 0.15) is 34.8 Å². The third kappa shape index (κ3) is 2.60. The summed E-state index contributed by atoms with van der Waals surface area (Å²) >= 11 is 0. The summed E-state index contributed by atoms with van der Waals surface area (Å²) in [5, 5.41) is 8.71. The standard InChI is InChI=1S/C18H22N4O2/c1-24-10-9-16-19-20-17-11-14-7-8-15(12-21(16)17)22(14)18(23)13-5-3-2-4-6-13/h2-6,14-15H,7-12H2,1H3. The predicted octanol–water partition coefficient (Wildman–Crippen LogP) is 1.70. The molecule has 0 spiro atoms. The molecule has 2 aliphatic rings. The van der Waals surface area contributed by atoms with Gasteiger partial charge in [0.25, 0.3) is 5.91 Å². The highest BCUT2D eigenvalue weighted by Gasteiger charge is 2.41. The second kappa shape index (κ2) is 6.36. The zero-order chi connectivity index (χ0) is 16.5. The summed E-state index contributed by atoms with van der Waals surface area (Å²) < 4.78 is 7.37. The first kappa shape index (κ1) is 15.3. The summed E-state index contributed by atoms with van der Waals surface area (Å²) in [5.41, 5.74) is 0.770. The number of benzene rings is 1. The van der Waals surface area contributed by atoms with Crippen LogP contribution in [0.15, 0.2) is 30.3 Å². The summed E-state index contributed by atoms with van der Waals surface area (Å²) in [5.74, 6) is 2.10. The van der Waals surface area contributed by atoms with Crippen molar-refractivity contribution in [3.63, 3.8) is 0 Å². The van der Waals surface area contributed by atoms with Gasteiger partial charge in [-0.25, -0.2) is 0 Å². The fraction of sp³-hybridized carbons (Fsp3) is 0.500. The maximum absolute atomic E-state index is 13.0. The summed E-state index contributed by atoms with van der Waals surface area (Å²) in [6, 6.07) is 10.0. The highest BCUT2D eigenvalue weighted by molar-refractivity contribution is 5.94. The number of hydrogen-bond donors (Lipinski definition) is 0. The van der Waals surface area contributed by atoms with Crippen LogP contribution in [0, 0.1) is 0 Å². The van der Waals surface area contributed by atoms with Gasteiger partial charge in [-0.2, -0.15) is 0 Å². The Morgan fingerprint density at radius 3 is 2.79 bits per heavy atom. The Kier molecular flexibility index (Phi) is 4.06. The smallest absolute Gasteiger partial charge is 0.254 e. The lowest BCUT2D eigenvalue weighted by atomic mass is 10.1. The molecule has 2 aliphatic heterocycles. The predicted molar refractivity (Wildman–Crippen MR) is 88.7 cm³/mol. The Balaban J connectivity index is 1.61. The van der Waals surface area contributed by atoms with Crippen LogP contribution < -0.4 is 0 Å². The molecule has 4 rings (SSSR count). The lowest BCUT2D eigenvalue weighted by Crippen LogP contribution is -2.42. The molecule has 1 amide bonds. The molecule has 0 radical (unpaired) electrons. The molecule has 1 fully saturated rings. The number of hydrogen-bond acceptors (Lipinski definition) is 4. The number of aromatic nitrogens is 3. The van der Waals surface area contributed by atoms with Gasteiger partial charge in [0.15, 0.2) is 0 Å². The first-order valence-corrected chi connectivity index (χ1v) is 8.55. The van der Waals surface area contributed by atoms with E-state index in [2.05, 4.69) is 19.7 Å². The van der Waals surface area contributed by atoms with Crippen molar-refractivity contribution in [3.05, 3.63) is 47.5 Å². The minimum atomic E-state index is 0.139. The number of fused-ring (bicyclic) bond motifs is 3. The fourth-order valence-corrected chi connectivity index (χ4v) is 3.94. The molecule has 3 heterocycles. The number of rotatable bonds is 4. The maximum atomic E-state index is 13.0. The quantitative estimate of drug-likeness (QED) is 0.858. The van der Waals surface area contributed by atoms with E-state index >= 15 is 0 Å². The minimum Gasteiger partial charge on any atom is -0.384 e. The van der Waals surface area contributed by atoms with Gasteiger partial charge in [0, 0.05) is 38.1 Å². The summed E-state index contributed by atoms with van der Waals surface area (Å²) in [4.78, 5) is 15.1. The molecule has 2 bridgehead atoms. The van der Waals surface area contributed by atoms with Crippen molar-refractivity contribution in [2.45, 2.75) is 44.3 Å². The van der Waals surface area contributed by atoms with Crippen molar-refractivity contribution < 1.29 is 9.53 Å². The van der Waals surface area contributed by atoms with Crippen molar-refractivity contribution in [2.24, 2.45) is 0 Å². The van der Waals surface area contributed by atoms with Gasteiger partial charge in [-0.15, -0.1) is 10.2 Å². The van der Waals surface area contributed by atoms with Crippen LogP contribution in [0.5, 0.6) is 0 Å². The first-order valence-electron chi connectivity index (χ1n) is 8.55. The van der Waals surface area contributed by atoms with Gasteiger partial charge in [-0.1, -0.05) is 18.2 Å². The van der Waals surface area contributed by atoms with E-state index in [-0.39, 0.29) is 18.0 Å². The number of carbonyl (C=O) groups is 1. The highest BCUT2D eigenvalue weighted by Crippen LogP contribution is 2.32. The van der Waals surface area contributed by atoms with Crippen molar-refractivity contribution in [1.29, 1.82) is 0 Å². The van der Waals surface area contributed by atoms with Crippen molar-refractivity contribution >= 4 is 5.91 Å². The molecule has 1 aromatic heterocycles. The molecule has 1 aromatic carbocycles. The van der Waals surface area contributed by atoms with Gasteiger partial charge in [0.2, 0.25) is 0 Å². The maximum Gasteiger partial charge on any atom is 0.254 e. The molecule has 0 N–H and O–H groups in total. The topological polar surface area (TPSA) is 60.3 Å². The normalized spacial score (nSPS) is 22.3. The molecule has 6 nitrogen and oxygen atoms in total. The Bertz CT molecular complexity index is 728.